The molecule has 3 heteroatoms. The molecular weight excluding hydrogens is 262 g/mol. The molecule has 0 radical (unpaired) electrons. The van der Waals surface area contributed by atoms with Crippen LogP contribution in [0.4, 0.5) is 0 Å². The Balaban J connectivity index is 1.91. The van der Waals surface area contributed by atoms with Crippen LogP contribution in [0.25, 0.3) is 0 Å². The van der Waals surface area contributed by atoms with Crippen molar-refractivity contribution in [3.8, 4) is 0 Å². The third kappa shape index (κ3) is 3.31. The van der Waals surface area contributed by atoms with E-state index in [2.05, 4.69) is 5.32 Å². The summed E-state index contributed by atoms with van der Waals surface area (Å²) in [6, 6.07) is 19.5. The fourth-order valence-corrected chi connectivity index (χ4v) is 2.69. The van der Waals surface area contributed by atoms with Crippen molar-refractivity contribution in [3.05, 3.63) is 71.8 Å². The van der Waals surface area contributed by atoms with Crippen LogP contribution in [-0.4, -0.2) is 17.1 Å². The molecule has 108 valence electrons. The highest BCUT2D eigenvalue weighted by Crippen LogP contribution is 2.35. The van der Waals surface area contributed by atoms with Crippen LogP contribution in [0.2, 0.25) is 0 Å². The van der Waals surface area contributed by atoms with Crippen LogP contribution in [0.5, 0.6) is 0 Å². The standard InChI is InChI=1S/C18H19NO2/c20-18(21)17(15-11-12-15)19-16(13-7-3-1-4-8-13)14-9-5-2-6-10-14/h1-10,15-17,19H,11-12H2,(H,20,21). The van der Waals surface area contributed by atoms with Gasteiger partial charge in [0.1, 0.15) is 6.04 Å². The first-order valence-electron chi connectivity index (χ1n) is 7.34. The molecule has 0 saturated heterocycles. The van der Waals surface area contributed by atoms with Crippen LogP contribution in [0.15, 0.2) is 60.7 Å². The van der Waals surface area contributed by atoms with Crippen LogP contribution in [0, 0.1) is 5.92 Å². The second-order valence-corrected chi connectivity index (χ2v) is 5.57. The van der Waals surface area contributed by atoms with Crippen molar-refractivity contribution in [2.45, 2.75) is 24.9 Å². The van der Waals surface area contributed by atoms with Crippen LogP contribution in [0.3, 0.4) is 0 Å². The third-order valence-electron chi connectivity index (χ3n) is 3.97. The lowest BCUT2D eigenvalue weighted by Crippen LogP contribution is -2.41. The number of rotatable bonds is 6. The lowest BCUT2D eigenvalue weighted by atomic mass is 9.97. The molecule has 21 heavy (non-hydrogen) atoms. The minimum atomic E-state index is -0.755. The fourth-order valence-electron chi connectivity index (χ4n) is 2.69. The van der Waals surface area contributed by atoms with E-state index in [4.69, 9.17) is 0 Å². The summed E-state index contributed by atoms with van der Waals surface area (Å²) >= 11 is 0. The molecule has 2 N–H and O–H groups in total. The van der Waals surface area contributed by atoms with Crippen LogP contribution in [-0.2, 0) is 4.79 Å². The van der Waals surface area contributed by atoms with E-state index in [1.54, 1.807) is 0 Å². The number of nitrogens with one attached hydrogen (secondary N) is 1. The molecule has 0 bridgehead atoms. The van der Waals surface area contributed by atoms with E-state index in [1.165, 1.54) is 0 Å². The number of hydrogen-bond donors (Lipinski definition) is 2. The third-order valence-corrected chi connectivity index (χ3v) is 3.97. The second-order valence-electron chi connectivity index (χ2n) is 5.57. The molecular formula is C18H19NO2. The number of carbonyl (C=O) groups is 1. The minimum absolute atomic E-state index is 0.0888. The summed E-state index contributed by atoms with van der Waals surface area (Å²) in [5.41, 5.74) is 2.19. The molecule has 1 aliphatic carbocycles. The SMILES string of the molecule is O=C(O)C(NC(c1ccccc1)c1ccccc1)C1CC1. The van der Waals surface area contributed by atoms with E-state index < -0.39 is 12.0 Å². The molecule has 1 atom stereocenters. The van der Waals surface area contributed by atoms with Crippen LogP contribution < -0.4 is 5.32 Å². The van der Waals surface area contributed by atoms with Gasteiger partial charge in [-0.2, -0.15) is 0 Å². The van der Waals surface area contributed by atoms with Gasteiger partial charge in [0.2, 0.25) is 0 Å². The molecule has 0 aromatic heterocycles. The van der Waals surface area contributed by atoms with Crippen molar-refractivity contribution >= 4 is 5.97 Å². The zero-order valence-corrected chi connectivity index (χ0v) is 11.8. The van der Waals surface area contributed by atoms with E-state index in [-0.39, 0.29) is 12.0 Å². The average molecular weight is 281 g/mol. The van der Waals surface area contributed by atoms with E-state index in [1.807, 2.05) is 60.7 Å². The number of hydrogen-bond acceptors (Lipinski definition) is 2. The van der Waals surface area contributed by atoms with Crippen molar-refractivity contribution < 1.29 is 9.90 Å². The first-order chi connectivity index (χ1) is 10.3. The second kappa shape index (κ2) is 6.10. The van der Waals surface area contributed by atoms with Crippen molar-refractivity contribution in [2.75, 3.05) is 0 Å². The summed E-state index contributed by atoms with van der Waals surface area (Å²) in [5, 5.41) is 12.8. The molecule has 0 spiro atoms. The van der Waals surface area contributed by atoms with E-state index >= 15 is 0 Å². The average Bonchev–Trinajstić information content (AvgIpc) is 3.34. The van der Waals surface area contributed by atoms with Gasteiger partial charge in [0.05, 0.1) is 6.04 Å². The Labute approximate surface area is 124 Å². The lowest BCUT2D eigenvalue weighted by Gasteiger charge is -2.24. The maximum absolute atomic E-state index is 11.5. The molecule has 3 nitrogen and oxygen atoms in total. The van der Waals surface area contributed by atoms with E-state index in [0.29, 0.717) is 0 Å². The van der Waals surface area contributed by atoms with Crippen molar-refractivity contribution in [1.29, 1.82) is 0 Å². The van der Waals surface area contributed by atoms with E-state index in [9.17, 15) is 9.90 Å². The van der Waals surface area contributed by atoms with Gasteiger partial charge in [-0.25, -0.2) is 0 Å². The Morgan fingerprint density at radius 1 is 0.952 bits per heavy atom. The largest absolute Gasteiger partial charge is 0.480 e. The Morgan fingerprint density at radius 3 is 1.81 bits per heavy atom. The maximum Gasteiger partial charge on any atom is 0.321 e. The van der Waals surface area contributed by atoms with Crippen LogP contribution >= 0.6 is 0 Å². The van der Waals surface area contributed by atoms with Gasteiger partial charge in [0.15, 0.2) is 0 Å². The lowest BCUT2D eigenvalue weighted by molar-refractivity contribution is -0.140. The van der Waals surface area contributed by atoms with Gasteiger partial charge in [-0.1, -0.05) is 60.7 Å². The smallest absolute Gasteiger partial charge is 0.321 e. The van der Waals surface area contributed by atoms with Crippen LogP contribution in [0.1, 0.15) is 30.0 Å². The summed E-state index contributed by atoms with van der Waals surface area (Å²) in [5.74, 6) is -0.494. The Morgan fingerprint density at radius 2 is 1.43 bits per heavy atom. The first kappa shape index (κ1) is 13.8. The minimum Gasteiger partial charge on any atom is -0.480 e. The highest BCUT2D eigenvalue weighted by Gasteiger charge is 2.37. The number of benzene rings is 2. The number of carboxylic acids is 1. The fraction of sp³-hybridized carbons (Fsp3) is 0.278. The zero-order valence-electron chi connectivity index (χ0n) is 11.8. The normalized spacial score (nSPS) is 15.9. The molecule has 1 saturated carbocycles. The van der Waals surface area contributed by atoms with E-state index in [0.717, 1.165) is 24.0 Å². The Bertz CT molecular complexity index is 554. The molecule has 1 fully saturated rings. The van der Waals surface area contributed by atoms with Crippen molar-refractivity contribution in [1.82, 2.24) is 5.32 Å². The van der Waals surface area contributed by atoms with Gasteiger partial charge in [-0.05, 0) is 29.9 Å². The molecule has 0 amide bonds. The predicted molar refractivity (Wildman–Crippen MR) is 82.0 cm³/mol. The van der Waals surface area contributed by atoms with Gasteiger partial charge >= 0.3 is 5.97 Å². The molecule has 2 aromatic carbocycles. The number of carboxylic acid groups (broad SMARTS) is 1. The maximum atomic E-state index is 11.5. The summed E-state index contributed by atoms with van der Waals surface area (Å²) in [7, 11) is 0. The highest BCUT2D eigenvalue weighted by atomic mass is 16.4. The molecule has 0 aliphatic heterocycles. The molecule has 0 heterocycles. The van der Waals surface area contributed by atoms with Gasteiger partial charge < -0.3 is 5.11 Å². The van der Waals surface area contributed by atoms with Gasteiger partial charge in [-0.15, -0.1) is 0 Å². The monoisotopic (exact) mass is 281 g/mol. The number of aliphatic carboxylic acids is 1. The quantitative estimate of drug-likeness (QED) is 0.854. The Kier molecular flexibility index (Phi) is 4.02. The molecule has 1 unspecified atom stereocenters. The summed E-state index contributed by atoms with van der Waals surface area (Å²) in [4.78, 5) is 11.5. The first-order valence-corrected chi connectivity index (χ1v) is 7.34. The van der Waals surface area contributed by atoms with Gasteiger partial charge in [-0.3, -0.25) is 10.1 Å². The van der Waals surface area contributed by atoms with Crippen molar-refractivity contribution in [2.24, 2.45) is 5.92 Å². The molecule has 1 aliphatic rings. The Hall–Kier alpha value is -2.13. The zero-order chi connectivity index (χ0) is 14.7. The van der Waals surface area contributed by atoms with Gasteiger partial charge in [0.25, 0.3) is 0 Å². The van der Waals surface area contributed by atoms with Gasteiger partial charge in [0, 0.05) is 0 Å². The molecule has 3 rings (SSSR count). The topological polar surface area (TPSA) is 49.3 Å². The summed E-state index contributed by atoms with van der Waals surface area (Å²) in [6.07, 6.45) is 2.00. The highest BCUT2D eigenvalue weighted by molar-refractivity contribution is 5.74. The predicted octanol–water partition coefficient (Wildman–Crippen LogP) is 3.23. The summed E-state index contributed by atoms with van der Waals surface area (Å²) in [6.45, 7) is 0. The van der Waals surface area contributed by atoms with Crippen molar-refractivity contribution in [3.63, 3.8) is 0 Å². The molecule has 2 aromatic rings. The summed E-state index contributed by atoms with van der Waals surface area (Å²) < 4.78 is 0.